The number of rotatable bonds is 4. The summed E-state index contributed by atoms with van der Waals surface area (Å²) in [6, 6.07) is 5.04. The van der Waals surface area contributed by atoms with Gasteiger partial charge in [-0.2, -0.15) is 9.66 Å². The van der Waals surface area contributed by atoms with Crippen LogP contribution in [0, 0.1) is 0 Å². The van der Waals surface area contributed by atoms with Gasteiger partial charge in [0.1, 0.15) is 0 Å². The summed E-state index contributed by atoms with van der Waals surface area (Å²) in [5.41, 5.74) is 3.05. The lowest BCUT2D eigenvalue weighted by atomic mass is 10.3. The van der Waals surface area contributed by atoms with Crippen molar-refractivity contribution in [2.24, 2.45) is 17.5 Å². The van der Waals surface area contributed by atoms with Crippen LogP contribution in [0.3, 0.4) is 0 Å². The van der Waals surface area contributed by atoms with Crippen molar-refractivity contribution in [3.63, 3.8) is 0 Å². The highest BCUT2D eigenvalue weighted by Crippen LogP contribution is 2.23. The van der Waals surface area contributed by atoms with Crippen LogP contribution >= 0.6 is 23.2 Å². The first-order valence-electron chi connectivity index (χ1n) is 6.11. The summed E-state index contributed by atoms with van der Waals surface area (Å²) < 4.78 is 40.5. The van der Waals surface area contributed by atoms with Crippen LogP contribution in [-0.2, 0) is 20.0 Å². The zero-order chi connectivity index (χ0) is 19.6. The molecular weight excluding hydrogens is 403 g/mol. The van der Waals surface area contributed by atoms with Crippen LogP contribution in [0.15, 0.2) is 18.2 Å². The number of sulfonamides is 2. The van der Waals surface area contributed by atoms with Gasteiger partial charge in [-0.05, 0) is 32.0 Å². The minimum atomic E-state index is -3.21. The Balaban J connectivity index is 0. The van der Waals surface area contributed by atoms with Crippen molar-refractivity contribution in [3.05, 3.63) is 28.2 Å². The number of anilines is 1. The first-order chi connectivity index (χ1) is 10.8. The molecule has 0 aliphatic heterocycles. The number of nitrogens with two attached hydrogens (primary N) is 3. The Labute approximate surface area is 152 Å². The summed E-state index contributed by atoms with van der Waals surface area (Å²) in [5.74, 6) is 14.3. The fourth-order valence-corrected chi connectivity index (χ4v) is 1.36. The molecule has 10 nitrogen and oxygen atoms in total. The van der Waals surface area contributed by atoms with Gasteiger partial charge in [0.05, 0.1) is 22.2 Å². The van der Waals surface area contributed by atoms with Crippen LogP contribution in [0.5, 0.6) is 0 Å². The molecule has 1 rings (SSSR count). The maximum Gasteiger partial charge on any atom is 0.226 e. The van der Waals surface area contributed by atoms with Gasteiger partial charge < -0.3 is 5.43 Å². The molecule has 0 aliphatic carbocycles. The Bertz CT molecular complexity index is 697. The van der Waals surface area contributed by atoms with E-state index in [0.29, 0.717) is 15.7 Å². The third-order valence-corrected chi connectivity index (χ3v) is 4.65. The van der Waals surface area contributed by atoms with Gasteiger partial charge in [0.15, 0.2) is 0 Å². The van der Waals surface area contributed by atoms with Crippen LogP contribution in [0.1, 0.15) is 13.8 Å². The molecule has 0 heterocycles. The van der Waals surface area contributed by atoms with E-state index >= 15 is 0 Å². The molecule has 1 aromatic carbocycles. The highest BCUT2D eigenvalue weighted by Gasteiger charge is 2.11. The Kier molecular flexibility index (Phi) is 12.5. The molecule has 0 atom stereocenters. The number of halogens is 2. The monoisotopic (exact) mass is 424 g/mol. The number of nitrogen functional groups attached to an aromatic ring is 1. The van der Waals surface area contributed by atoms with E-state index in [4.69, 9.17) is 29.0 Å². The smallest absolute Gasteiger partial charge is 0.226 e. The minimum absolute atomic E-state index is 0.451. The van der Waals surface area contributed by atoms with Crippen molar-refractivity contribution >= 4 is 48.9 Å². The van der Waals surface area contributed by atoms with Gasteiger partial charge in [-0.1, -0.05) is 23.2 Å². The Morgan fingerprint density at radius 1 is 1.00 bits per heavy atom. The Morgan fingerprint density at radius 3 is 1.67 bits per heavy atom. The molecule has 9 N–H and O–H groups in total. The zero-order valence-corrected chi connectivity index (χ0v) is 16.4. The molecule has 0 saturated heterocycles. The van der Waals surface area contributed by atoms with Crippen molar-refractivity contribution in [1.29, 1.82) is 0 Å². The summed E-state index contributed by atoms with van der Waals surface area (Å²) in [5, 5.41) is 0.719. The maximum absolute atomic E-state index is 10.5. The van der Waals surface area contributed by atoms with Crippen LogP contribution in [0.4, 0.5) is 5.69 Å². The van der Waals surface area contributed by atoms with Crippen molar-refractivity contribution in [2.75, 3.05) is 11.7 Å². The van der Waals surface area contributed by atoms with E-state index in [1.807, 2.05) is 0 Å². The quantitative estimate of drug-likeness (QED) is 0.285. The first-order valence-corrected chi connectivity index (χ1v) is 10.3. The number of hydrogen-bond donors (Lipinski definition) is 6. The van der Waals surface area contributed by atoms with E-state index in [0.717, 1.165) is 6.26 Å². The molecule has 0 spiro atoms. The van der Waals surface area contributed by atoms with Gasteiger partial charge in [-0.3, -0.25) is 17.5 Å². The molecule has 0 radical (unpaired) electrons. The van der Waals surface area contributed by atoms with E-state index in [9.17, 15) is 16.8 Å². The largest absolute Gasteiger partial charge is 0.323 e. The number of hydrogen-bond acceptors (Lipinski definition) is 8. The van der Waals surface area contributed by atoms with E-state index < -0.39 is 25.3 Å². The molecule has 0 aliphatic rings. The molecule has 142 valence electrons. The fourth-order valence-electron chi connectivity index (χ4n) is 0.744. The van der Waals surface area contributed by atoms with Crippen LogP contribution < -0.4 is 32.6 Å². The average molecular weight is 425 g/mol. The summed E-state index contributed by atoms with van der Waals surface area (Å²) in [4.78, 5) is 3.29. The number of hydrazine groups is 3. The maximum atomic E-state index is 10.5. The highest BCUT2D eigenvalue weighted by atomic mass is 35.5. The van der Waals surface area contributed by atoms with Crippen LogP contribution in [0.2, 0.25) is 10.0 Å². The van der Waals surface area contributed by atoms with Crippen molar-refractivity contribution in [3.8, 4) is 0 Å². The number of benzene rings is 1. The van der Waals surface area contributed by atoms with Gasteiger partial charge in [-0.25, -0.2) is 16.8 Å². The molecule has 0 saturated carbocycles. The van der Waals surface area contributed by atoms with Crippen molar-refractivity contribution < 1.29 is 16.8 Å². The van der Waals surface area contributed by atoms with E-state index in [-0.39, 0.29) is 0 Å². The predicted octanol–water partition coefficient (Wildman–Crippen LogP) is -0.124. The van der Waals surface area contributed by atoms with Gasteiger partial charge in [-0.15, -0.1) is 0 Å². The normalized spacial score (nSPS) is 11.0. The zero-order valence-electron chi connectivity index (χ0n) is 13.2. The van der Waals surface area contributed by atoms with Crippen molar-refractivity contribution in [1.82, 2.24) is 9.66 Å². The predicted molar refractivity (Wildman–Crippen MR) is 97.8 cm³/mol. The minimum Gasteiger partial charge on any atom is -0.323 e. The fraction of sp³-hybridized carbons (Fsp3) is 0.400. The highest BCUT2D eigenvalue weighted by molar-refractivity contribution is 7.90. The lowest BCUT2D eigenvalue weighted by molar-refractivity contribution is 0.575. The lowest BCUT2D eigenvalue weighted by Gasteiger charge is -2.02. The standard InChI is InChI=1S/C6H6Cl2N2.C3H10N2O2S.CH6N2O2S/c7-4-1-2-5(8)6(3-4)10-9;1-3(2)8(6,7)5-4;1-6(4,5)3-2/h1-3,10H,9H2;3,5H,4H2,1-2H3;3H,2H2,1H3. The molecule has 24 heavy (non-hydrogen) atoms. The molecule has 0 unspecified atom stereocenters. The topological polar surface area (TPSA) is 182 Å². The molecular formula is C10H22Cl2N6O4S2. The molecule has 0 bridgehead atoms. The molecule has 0 fully saturated rings. The molecule has 0 aromatic heterocycles. The summed E-state index contributed by atoms with van der Waals surface area (Å²) in [7, 11) is -6.34. The van der Waals surface area contributed by atoms with Gasteiger partial charge in [0.2, 0.25) is 20.0 Å². The second kappa shape index (κ2) is 11.8. The summed E-state index contributed by atoms with van der Waals surface area (Å²) >= 11 is 11.3. The third-order valence-electron chi connectivity index (χ3n) is 2.08. The van der Waals surface area contributed by atoms with E-state index in [1.165, 1.54) is 0 Å². The molecule has 1 aromatic rings. The Morgan fingerprint density at radius 2 is 1.46 bits per heavy atom. The second-order valence-electron chi connectivity index (χ2n) is 4.37. The second-order valence-corrected chi connectivity index (χ2v) is 9.26. The lowest BCUT2D eigenvalue weighted by Crippen LogP contribution is -2.35. The van der Waals surface area contributed by atoms with Gasteiger partial charge >= 0.3 is 0 Å². The number of nitrogens with one attached hydrogen (secondary N) is 3. The molecule has 14 heteroatoms. The SMILES string of the molecule is CC(C)S(=O)(=O)NN.CS(=O)(=O)NN.NNc1cc(Cl)ccc1Cl. The van der Waals surface area contributed by atoms with Gasteiger partial charge in [0.25, 0.3) is 0 Å². The Hall–Kier alpha value is -0.700. The van der Waals surface area contributed by atoms with Crippen LogP contribution in [-0.4, -0.2) is 28.3 Å². The van der Waals surface area contributed by atoms with Gasteiger partial charge in [0, 0.05) is 5.02 Å². The summed E-state index contributed by atoms with van der Waals surface area (Å²) in [6.07, 6.45) is 0.979. The summed E-state index contributed by atoms with van der Waals surface area (Å²) in [6.45, 7) is 3.10. The third kappa shape index (κ3) is 12.7. The van der Waals surface area contributed by atoms with E-state index in [2.05, 4.69) is 17.1 Å². The van der Waals surface area contributed by atoms with E-state index in [1.54, 1.807) is 41.7 Å². The van der Waals surface area contributed by atoms with Crippen molar-refractivity contribution in [2.45, 2.75) is 19.1 Å². The first kappa shape index (κ1) is 25.5. The van der Waals surface area contributed by atoms with Crippen LogP contribution in [0.25, 0.3) is 0 Å². The average Bonchev–Trinajstić information content (AvgIpc) is 2.50. The molecule has 0 amide bonds.